The number of methoxy groups -OCH3 is 2. The first-order chi connectivity index (χ1) is 9.12. The summed E-state index contributed by atoms with van der Waals surface area (Å²) in [6.07, 6.45) is 2.47. The van der Waals surface area contributed by atoms with Gasteiger partial charge in [0.25, 0.3) is 0 Å². The third kappa shape index (κ3) is 3.23. The number of nitrogens with two attached hydrogens (primary N) is 1. The van der Waals surface area contributed by atoms with E-state index < -0.39 is 0 Å². The smallest absolute Gasteiger partial charge is 0.122 e. The molecule has 19 heavy (non-hydrogen) atoms. The predicted octanol–water partition coefficient (Wildman–Crippen LogP) is 1.07. The van der Waals surface area contributed by atoms with Gasteiger partial charge in [-0.15, -0.1) is 5.10 Å². The molecule has 0 bridgehead atoms. The van der Waals surface area contributed by atoms with Crippen LogP contribution in [-0.2, 0) is 13.5 Å². The van der Waals surface area contributed by atoms with E-state index in [-0.39, 0.29) is 6.04 Å². The Morgan fingerprint density at radius 1 is 1.21 bits per heavy atom. The number of benzene rings is 1. The van der Waals surface area contributed by atoms with Crippen molar-refractivity contribution in [2.24, 2.45) is 12.8 Å². The number of rotatable bonds is 5. The van der Waals surface area contributed by atoms with Crippen molar-refractivity contribution in [1.82, 2.24) is 15.0 Å². The van der Waals surface area contributed by atoms with Crippen molar-refractivity contribution in [2.75, 3.05) is 14.2 Å². The second kappa shape index (κ2) is 5.71. The van der Waals surface area contributed by atoms with Gasteiger partial charge in [-0.3, -0.25) is 4.68 Å². The summed E-state index contributed by atoms with van der Waals surface area (Å²) in [6, 6.07) is 5.45. The van der Waals surface area contributed by atoms with Crippen molar-refractivity contribution in [1.29, 1.82) is 0 Å². The van der Waals surface area contributed by atoms with Crippen molar-refractivity contribution >= 4 is 0 Å². The molecule has 0 saturated heterocycles. The minimum atomic E-state index is -0.180. The monoisotopic (exact) mass is 262 g/mol. The fourth-order valence-corrected chi connectivity index (χ4v) is 1.88. The summed E-state index contributed by atoms with van der Waals surface area (Å²) in [7, 11) is 5.07. The molecule has 0 spiro atoms. The number of aryl methyl sites for hydroxylation is 1. The highest BCUT2D eigenvalue weighted by molar-refractivity contribution is 5.40. The van der Waals surface area contributed by atoms with Gasteiger partial charge >= 0.3 is 0 Å². The molecule has 1 atom stereocenters. The fourth-order valence-electron chi connectivity index (χ4n) is 1.88. The molecule has 0 aliphatic carbocycles. The zero-order chi connectivity index (χ0) is 13.8. The van der Waals surface area contributed by atoms with Gasteiger partial charge in [-0.2, -0.15) is 0 Å². The fraction of sp³-hybridized carbons (Fsp3) is 0.385. The first kappa shape index (κ1) is 13.4. The summed E-state index contributed by atoms with van der Waals surface area (Å²) in [4.78, 5) is 0. The maximum absolute atomic E-state index is 6.20. The van der Waals surface area contributed by atoms with Gasteiger partial charge in [-0.05, 0) is 17.7 Å². The van der Waals surface area contributed by atoms with Crippen LogP contribution in [0.2, 0.25) is 0 Å². The van der Waals surface area contributed by atoms with E-state index in [1.807, 2.05) is 31.4 Å². The van der Waals surface area contributed by atoms with Gasteiger partial charge in [0, 0.05) is 31.8 Å². The van der Waals surface area contributed by atoms with Crippen LogP contribution in [0, 0.1) is 0 Å². The van der Waals surface area contributed by atoms with E-state index in [2.05, 4.69) is 10.3 Å². The summed E-state index contributed by atoms with van der Waals surface area (Å²) in [5.74, 6) is 1.45. The molecule has 102 valence electrons. The summed E-state index contributed by atoms with van der Waals surface area (Å²) < 4.78 is 12.1. The summed E-state index contributed by atoms with van der Waals surface area (Å²) in [6.45, 7) is 0. The lowest BCUT2D eigenvalue weighted by Gasteiger charge is -2.13. The van der Waals surface area contributed by atoms with Crippen molar-refractivity contribution in [2.45, 2.75) is 12.5 Å². The van der Waals surface area contributed by atoms with E-state index in [0.29, 0.717) is 6.42 Å². The van der Waals surface area contributed by atoms with Crippen LogP contribution in [0.15, 0.2) is 24.4 Å². The van der Waals surface area contributed by atoms with E-state index in [0.717, 1.165) is 22.8 Å². The zero-order valence-electron chi connectivity index (χ0n) is 11.3. The molecule has 6 nitrogen and oxygen atoms in total. The molecule has 1 heterocycles. The molecular weight excluding hydrogens is 244 g/mol. The predicted molar refractivity (Wildman–Crippen MR) is 71.2 cm³/mol. The topological polar surface area (TPSA) is 75.2 Å². The van der Waals surface area contributed by atoms with Crippen molar-refractivity contribution in [3.63, 3.8) is 0 Å². The molecule has 2 N–H and O–H groups in total. The number of aromatic nitrogens is 3. The molecule has 1 aromatic heterocycles. The van der Waals surface area contributed by atoms with Crippen LogP contribution in [-0.4, -0.2) is 29.2 Å². The Hall–Kier alpha value is -2.08. The minimum Gasteiger partial charge on any atom is -0.497 e. The Morgan fingerprint density at radius 3 is 2.32 bits per heavy atom. The Morgan fingerprint density at radius 2 is 1.84 bits per heavy atom. The van der Waals surface area contributed by atoms with Crippen molar-refractivity contribution in [3.8, 4) is 11.5 Å². The Labute approximate surface area is 112 Å². The van der Waals surface area contributed by atoms with Gasteiger partial charge in [0.1, 0.15) is 11.5 Å². The first-order valence-corrected chi connectivity index (χ1v) is 5.96. The molecule has 1 unspecified atom stereocenters. The zero-order valence-corrected chi connectivity index (χ0v) is 11.3. The van der Waals surface area contributed by atoms with Crippen LogP contribution < -0.4 is 15.2 Å². The van der Waals surface area contributed by atoms with E-state index in [4.69, 9.17) is 15.2 Å². The number of nitrogens with zero attached hydrogens (tertiary/aromatic N) is 3. The van der Waals surface area contributed by atoms with Gasteiger partial charge in [0.05, 0.1) is 19.9 Å². The second-order valence-corrected chi connectivity index (χ2v) is 4.34. The third-order valence-corrected chi connectivity index (χ3v) is 2.88. The highest BCUT2D eigenvalue weighted by Gasteiger charge is 2.12. The maximum atomic E-state index is 6.20. The molecule has 1 aromatic carbocycles. The van der Waals surface area contributed by atoms with E-state index in [9.17, 15) is 0 Å². The Bertz CT molecular complexity index is 531. The average molecular weight is 262 g/mol. The van der Waals surface area contributed by atoms with Crippen LogP contribution in [0.25, 0.3) is 0 Å². The largest absolute Gasteiger partial charge is 0.497 e. The standard InChI is InChI=1S/C13H18N4O2/c1-17-8-10(15-16-17)6-13(14)9-4-11(18-2)7-12(5-9)19-3/h4-5,7-8,13H,6,14H2,1-3H3. The normalized spacial score (nSPS) is 12.2. The first-order valence-electron chi connectivity index (χ1n) is 5.96. The van der Waals surface area contributed by atoms with Gasteiger partial charge in [0.15, 0.2) is 0 Å². The molecule has 2 rings (SSSR count). The molecular formula is C13H18N4O2. The lowest BCUT2D eigenvalue weighted by molar-refractivity contribution is 0.392. The maximum Gasteiger partial charge on any atom is 0.122 e. The quantitative estimate of drug-likeness (QED) is 0.872. The highest BCUT2D eigenvalue weighted by atomic mass is 16.5. The van der Waals surface area contributed by atoms with Gasteiger partial charge < -0.3 is 15.2 Å². The third-order valence-electron chi connectivity index (χ3n) is 2.88. The molecule has 0 amide bonds. The van der Waals surface area contributed by atoms with E-state index >= 15 is 0 Å². The van der Waals surface area contributed by atoms with Crippen LogP contribution >= 0.6 is 0 Å². The van der Waals surface area contributed by atoms with Crippen molar-refractivity contribution in [3.05, 3.63) is 35.7 Å². The Balaban J connectivity index is 2.20. The number of ether oxygens (including phenoxy) is 2. The summed E-state index contributed by atoms with van der Waals surface area (Å²) in [5, 5.41) is 7.93. The Kier molecular flexibility index (Phi) is 4.01. The molecule has 0 fully saturated rings. The highest BCUT2D eigenvalue weighted by Crippen LogP contribution is 2.26. The van der Waals surface area contributed by atoms with Gasteiger partial charge in [0.2, 0.25) is 0 Å². The molecule has 0 saturated carbocycles. The van der Waals surface area contributed by atoms with E-state index in [1.165, 1.54) is 0 Å². The molecule has 6 heteroatoms. The summed E-state index contributed by atoms with van der Waals surface area (Å²) in [5.41, 5.74) is 8.00. The SMILES string of the molecule is COc1cc(OC)cc(C(N)Cc2cn(C)nn2)c1. The lowest BCUT2D eigenvalue weighted by Crippen LogP contribution is -2.14. The van der Waals surface area contributed by atoms with Crippen LogP contribution in [0.5, 0.6) is 11.5 Å². The van der Waals surface area contributed by atoms with Crippen LogP contribution in [0.3, 0.4) is 0 Å². The van der Waals surface area contributed by atoms with Crippen molar-refractivity contribution < 1.29 is 9.47 Å². The molecule has 0 radical (unpaired) electrons. The minimum absolute atomic E-state index is 0.180. The lowest BCUT2D eigenvalue weighted by atomic mass is 10.0. The summed E-state index contributed by atoms with van der Waals surface area (Å²) >= 11 is 0. The molecule has 2 aromatic rings. The van der Waals surface area contributed by atoms with Crippen LogP contribution in [0.4, 0.5) is 0 Å². The number of hydrogen-bond donors (Lipinski definition) is 1. The average Bonchev–Trinajstić information content (AvgIpc) is 2.83. The molecule has 0 aliphatic rings. The second-order valence-electron chi connectivity index (χ2n) is 4.34. The van der Waals surface area contributed by atoms with E-state index in [1.54, 1.807) is 18.9 Å². The van der Waals surface area contributed by atoms with Gasteiger partial charge in [-0.25, -0.2) is 0 Å². The number of hydrogen-bond acceptors (Lipinski definition) is 5. The molecule has 0 aliphatic heterocycles. The van der Waals surface area contributed by atoms with Crippen LogP contribution in [0.1, 0.15) is 17.3 Å². The van der Waals surface area contributed by atoms with Gasteiger partial charge in [-0.1, -0.05) is 5.21 Å².